The first-order valence-electron chi connectivity index (χ1n) is 4.88. The molecule has 0 saturated carbocycles. The molecule has 4 heteroatoms. The molecule has 0 heterocycles. The van der Waals surface area contributed by atoms with E-state index in [2.05, 4.69) is 10.3 Å². The molecule has 0 aliphatic heterocycles. The van der Waals surface area contributed by atoms with Gasteiger partial charge in [0.05, 0.1) is 8.46 Å². The van der Waals surface area contributed by atoms with Gasteiger partial charge in [-0.25, -0.2) is 0 Å². The number of carbonyl (C=O) groups is 1. The van der Waals surface area contributed by atoms with Gasteiger partial charge in [-0.05, 0) is 5.56 Å². The molecular formula is C10H13NO3. The highest BCUT2D eigenvalue weighted by Gasteiger charge is 2.16. The summed E-state index contributed by atoms with van der Waals surface area (Å²) in [5.74, 6) is -0.993. The molecule has 0 unspecified atom stereocenters. The van der Waals surface area contributed by atoms with E-state index < -0.39 is 12.0 Å². The van der Waals surface area contributed by atoms with Crippen LogP contribution in [0.5, 0.6) is 0 Å². The van der Waals surface area contributed by atoms with Crippen LogP contribution >= 0.6 is 0 Å². The van der Waals surface area contributed by atoms with Crippen LogP contribution in [-0.4, -0.2) is 24.2 Å². The van der Waals surface area contributed by atoms with Crippen LogP contribution in [0.3, 0.4) is 0 Å². The van der Waals surface area contributed by atoms with Crippen LogP contribution in [0.15, 0.2) is 30.3 Å². The molecule has 0 fully saturated rings. The third-order valence-corrected chi connectivity index (χ3v) is 1.81. The molecule has 0 aliphatic rings. The summed E-state index contributed by atoms with van der Waals surface area (Å²) < 4.78 is 6.74. The van der Waals surface area contributed by atoms with Gasteiger partial charge in [0, 0.05) is 6.42 Å². The molecule has 1 atom stereocenters. The SMILES string of the molecule is [2H]CON[C@@H](Cc1ccccc1)C(=O)O. The van der Waals surface area contributed by atoms with Gasteiger partial charge in [0.15, 0.2) is 0 Å². The van der Waals surface area contributed by atoms with E-state index in [0.717, 1.165) is 5.56 Å². The summed E-state index contributed by atoms with van der Waals surface area (Å²) in [4.78, 5) is 15.4. The van der Waals surface area contributed by atoms with Gasteiger partial charge in [-0.15, -0.1) is 0 Å². The topological polar surface area (TPSA) is 58.6 Å². The largest absolute Gasteiger partial charge is 0.480 e. The van der Waals surface area contributed by atoms with Gasteiger partial charge >= 0.3 is 5.97 Å². The molecule has 0 aromatic heterocycles. The Morgan fingerprint density at radius 3 is 2.93 bits per heavy atom. The minimum Gasteiger partial charge on any atom is -0.480 e. The van der Waals surface area contributed by atoms with E-state index >= 15 is 0 Å². The number of hydrogen-bond acceptors (Lipinski definition) is 3. The average Bonchev–Trinajstić information content (AvgIpc) is 2.25. The van der Waals surface area contributed by atoms with Crippen LogP contribution in [0.1, 0.15) is 6.93 Å². The van der Waals surface area contributed by atoms with Crippen molar-refractivity contribution >= 4 is 5.97 Å². The van der Waals surface area contributed by atoms with Crippen molar-refractivity contribution in [3.8, 4) is 0 Å². The van der Waals surface area contributed by atoms with Crippen molar-refractivity contribution in [2.45, 2.75) is 12.5 Å². The lowest BCUT2D eigenvalue weighted by atomic mass is 10.1. The first-order valence-corrected chi connectivity index (χ1v) is 4.17. The second kappa shape index (κ2) is 5.36. The Balaban J connectivity index is 2.55. The van der Waals surface area contributed by atoms with Crippen LogP contribution in [0.25, 0.3) is 0 Å². The molecule has 0 spiro atoms. The Hall–Kier alpha value is -1.39. The van der Waals surface area contributed by atoms with Gasteiger partial charge in [0.2, 0.25) is 0 Å². The van der Waals surface area contributed by atoms with Crippen LogP contribution in [0.2, 0.25) is 0 Å². The maximum absolute atomic E-state index is 10.8. The van der Waals surface area contributed by atoms with Gasteiger partial charge in [-0.2, -0.15) is 5.48 Å². The van der Waals surface area contributed by atoms with E-state index in [4.69, 9.17) is 6.48 Å². The van der Waals surface area contributed by atoms with Gasteiger partial charge in [0.25, 0.3) is 0 Å². The Morgan fingerprint density at radius 1 is 1.64 bits per heavy atom. The van der Waals surface area contributed by atoms with Gasteiger partial charge in [-0.1, -0.05) is 30.3 Å². The van der Waals surface area contributed by atoms with Gasteiger partial charge < -0.3 is 9.94 Å². The molecule has 0 amide bonds. The highest BCUT2D eigenvalue weighted by atomic mass is 16.6. The molecule has 76 valence electrons. The molecule has 4 nitrogen and oxygen atoms in total. The summed E-state index contributed by atoms with van der Waals surface area (Å²) in [6, 6.07) is 8.43. The smallest absolute Gasteiger partial charge is 0.323 e. The lowest BCUT2D eigenvalue weighted by molar-refractivity contribution is -0.143. The predicted molar refractivity (Wildman–Crippen MR) is 51.7 cm³/mol. The maximum atomic E-state index is 10.8. The first-order chi connectivity index (χ1) is 7.24. The Morgan fingerprint density at radius 2 is 2.36 bits per heavy atom. The maximum Gasteiger partial charge on any atom is 0.323 e. The van der Waals surface area contributed by atoms with Gasteiger partial charge in [-0.3, -0.25) is 4.79 Å². The normalized spacial score (nSPS) is 13.3. The molecular weight excluding hydrogens is 182 g/mol. The van der Waals surface area contributed by atoms with Crippen LogP contribution in [0.4, 0.5) is 0 Å². The number of nitrogens with one attached hydrogen (secondary N) is 1. The lowest BCUT2D eigenvalue weighted by Crippen LogP contribution is -2.37. The first kappa shape index (κ1) is 9.18. The molecule has 0 radical (unpaired) electrons. The summed E-state index contributed by atoms with van der Waals surface area (Å²) in [5.41, 5.74) is 3.24. The van der Waals surface area contributed by atoms with E-state index in [1.54, 1.807) is 0 Å². The summed E-state index contributed by atoms with van der Waals surface area (Å²) in [6.07, 6.45) is 0.330. The fourth-order valence-corrected chi connectivity index (χ4v) is 1.13. The molecule has 0 saturated heterocycles. The second-order valence-corrected chi connectivity index (χ2v) is 2.84. The zero-order chi connectivity index (χ0) is 11.1. The quantitative estimate of drug-likeness (QED) is 0.685. The third kappa shape index (κ3) is 3.16. The molecule has 1 aromatic carbocycles. The van der Waals surface area contributed by atoms with Crippen molar-refractivity contribution in [1.29, 1.82) is 0 Å². The monoisotopic (exact) mass is 196 g/mol. The van der Waals surface area contributed by atoms with E-state index in [-0.39, 0.29) is 7.09 Å². The number of carboxylic acids is 1. The van der Waals surface area contributed by atoms with Crippen molar-refractivity contribution in [2.24, 2.45) is 0 Å². The molecule has 14 heavy (non-hydrogen) atoms. The third-order valence-electron chi connectivity index (χ3n) is 1.81. The molecule has 0 bridgehead atoms. The number of hydrogen-bond donors (Lipinski definition) is 2. The Labute approximate surface area is 83.9 Å². The van der Waals surface area contributed by atoms with E-state index in [1.165, 1.54) is 0 Å². The minimum absolute atomic E-state index is 0.307. The fourth-order valence-electron chi connectivity index (χ4n) is 1.13. The zero-order valence-electron chi connectivity index (χ0n) is 8.64. The number of hydroxylamine groups is 1. The predicted octanol–water partition coefficient (Wildman–Crippen LogP) is 0.833. The fraction of sp³-hybridized carbons (Fsp3) is 0.300. The highest BCUT2D eigenvalue weighted by molar-refractivity contribution is 5.73. The number of carboxylic acid groups (broad SMARTS) is 1. The summed E-state index contributed by atoms with van der Waals surface area (Å²) in [7, 11) is -0.307. The van der Waals surface area contributed by atoms with Crippen LogP contribution in [0, 0.1) is 0 Å². The highest BCUT2D eigenvalue weighted by Crippen LogP contribution is 2.03. The molecule has 1 rings (SSSR count). The molecule has 0 aliphatic carbocycles. The van der Waals surface area contributed by atoms with Crippen molar-refractivity contribution in [3.05, 3.63) is 35.9 Å². The van der Waals surface area contributed by atoms with Crippen LogP contribution in [-0.2, 0) is 16.1 Å². The Bertz CT molecular complexity index is 305. The standard InChI is InChI=1S/C10H13NO3/c1-14-11-9(10(12)13)7-8-5-3-2-4-6-8/h2-6,9,11H,7H2,1H3,(H,12,13)/t9-/m0/s1/i1D. The Kier molecular flexibility index (Phi) is 3.52. The van der Waals surface area contributed by atoms with E-state index in [0.29, 0.717) is 6.42 Å². The average molecular weight is 196 g/mol. The van der Waals surface area contributed by atoms with Crippen molar-refractivity contribution in [3.63, 3.8) is 0 Å². The van der Waals surface area contributed by atoms with Gasteiger partial charge in [0.1, 0.15) is 6.04 Å². The van der Waals surface area contributed by atoms with Crippen molar-refractivity contribution in [1.82, 2.24) is 5.48 Å². The van der Waals surface area contributed by atoms with Crippen molar-refractivity contribution in [2.75, 3.05) is 7.09 Å². The molecule has 2 N–H and O–H groups in total. The lowest BCUT2D eigenvalue weighted by Gasteiger charge is -2.12. The summed E-state index contributed by atoms with van der Waals surface area (Å²) >= 11 is 0. The number of benzene rings is 1. The number of rotatable bonds is 5. The second-order valence-electron chi connectivity index (χ2n) is 2.84. The van der Waals surface area contributed by atoms with Crippen molar-refractivity contribution < 1.29 is 16.1 Å². The van der Waals surface area contributed by atoms with E-state index in [9.17, 15) is 4.79 Å². The number of aliphatic carboxylic acids is 1. The van der Waals surface area contributed by atoms with Crippen LogP contribution < -0.4 is 5.48 Å². The summed E-state index contributed by atoms with van der Waals surface area (Å²) in [5, 5.41) is 8.86. The minimum atomic E-state index is -0.993. The molecule has 1 aromatic rings. The van der Waals surface area contributed by atoms with E-state index in [1.807, 2.05) is 30.3 Å². The zero-order valence-corrected chi connectivity index (χ0v) is 7.64. The summed E-state index contributed by atoms with van der Waals surface area (Å²) in [6.45, 7) is 0.